The number of aromatic amines is 1. The molecule has 2 N–H and O–H groups in total. The Labute approximate surface area is 114 Å². The molecule has 0 atom stereocenters. The molecule has 0 bridgehead atoms. The van der Waals surface area contributed by atoms with E-state index in [0.717, 1.165) is 28.2 Å². The Hall–Kier alpha value is -1.05. The zero-order valence-electron chi connectivity index (χ0n) is 10.0. The van der Waals surface area contributed by atoms with Gasteiger partial charge in [0.1, 0.15) is 4.21 Å². The summed E-state index contributed by atoms with van der Waals surface area (Å²) in [6.45, 7) is 5.39. The van der Waals surface area contributed by atoms with Gasteiger partial charge in [-0.1, -0.05) is 11.6 Å². The quantitative estimate of drug-likeness (QED) is 0.915. The van der Waals surface area contributed by atoms with Crippen molar-refractivity contribution in [2.45, 2.75) is 25.0 Å². The first-order valence-corrected chi connectivity index (χ1v) is 7.79. The molecular weight excluding hydrogens is 294 g/mol. The summed E-state index contributed by atoms with van der Waals surface area (Å²) in [6.07, 6.45) is 0. The summed E-state index contributed by atoms with van der Waals surface area (Å²) < 4.78 is 27.3. The van der Waals surface area contributed by atoms with Crippen molar-refractivity contribution < 1.29 is 8.42 Å². The summed E-state index contributed by atoms with van der Waals surface area (Å²) in [6, 6.07) is 1.55. The molecule has 2 aromatic rings. The van der Waals surface area contributed by atoms with Gasteiger partial charge in [0.25, 0.3) is 10.0 Å². The van der Waals surface area contributed by atoms with Crippen molar-refractivity contribution in [3.05, 3.63) is 27.2 Å². The average molecular weight is 306 g/mol. The van der Waals surface area contributed by atoms with E-state index >= 15 is 0 Å². The Morgan fingerprint density at radius 2 is 2.06 bits per heavy atom. The predicted octanol–water partition coefficient (Wildman–Crippen LogP) is 2.85. The van der Waals surface area contributed by atoms with E-state index < -0.39 is 10.0 Å². The molecule has 18 heavy (non-hydrogen) atoms. The van der Waals surface area contributed by atoms with Gasteiger partial charge in [0.15, 0.2) is 5.82 Å². The van der Waals surface area contributed by atoms with Gasteiger partial charge in [-0.25, -0.2) is 8.42 Å². The van der Waals surface area contributed by atoms with Crippen molar-refractivity contribution >= 4 is 38.8 Å². The molecule has 8 heteroatoms. The van der Waals surface area contributed by atoms with Gasteiger partial charge in [-0.05, 0) is 32.4 Å². The van der Waals surface area contributed by atoms with Gasteiger partial charge >= 0.3 is 0 Å². The number of halogens is 1. The van der Waals surface area contributed by atoms with Crippen molar-refractivity contribution in [3.63, 3.8) is 0 Å². The van der Waals surface area contributed by atoms with E-state index in [2.05, 4.69) is 14.9 Å². The van der Waals surface area contributed by atoms with Gasteiger partial charge in [0, 0.05) is 11.3 Å². The first-order valence-electron chi connectivity index (χ1n) is 5.11. The van der Waals surface area contributed by atoms with Crippen LogP contribution >= 0.6 is 22.9 Å². The molecule has 0 aliphatic heterocycles. The van der Waals surface area contributed by atoms with Crippen LogP contribution in [0.25, 0.3) is 0 Å². The van der Waals surface area contributed by atoms with Crippen molar-refractivity contribution in [1.82, 2.24) is 10.2 Å². The van der Waals surface area contributed by atoms with Gasteiger partial charge in [0.05, 0.1) is 4.34 Å². The number of sulfonamides is 1. The lowest BCUT2D eigenvalue weighted by Crippen LogP contribution is -2.12. The Kier molecular flexibility index (Phi) is 3.39. The number of nitrogens with one attached hydrogen (secondary N) is 2. The number of hydrogen-bond acceptors (Lipinski definition) is 4. The predicted molar refractivity (Wildman–Crippen MR) is 72.9 cm³/mol. The number of anilines is 1. The Morgan fingerprint density at radius 1 is 1.39 bits per heavy atom. The van der Waals surface area contributed by atoms with Crippen LogP contribution in [0.1, 0.15) is 16.8 Å². The monoisotopic (exact) mass is 305 g/mol. The topological polar surface area (TPSA) is 74.8 Å². The molecule has 98 valence electrons. The van der Waals surface area contributed by atoms with Gasteiger partial charge in [-0.3, -0.25) is 9.82 Å². The number of rotatable bonds is 3. The standard InChI is InChI=1S/C10H12ClN3O2S2/c1-5-4-8(17-9(5)11)18(15,16)14-10-6(2)7(3)12-13-10/h4H,1-3H3,(H2,12,13,14). The van der Waals surface area contributed by atoms with Crippen LogP contribution < -0.4 is 4.72 Å². The molecular formula is C10H12ClN3O2S2. The molecule has 0 amide bonds. The van der Waals surface area contributed by atoms with Crippen molar-refractivity contribution in [2.24, 2.45) is 0 Å². The van der Waals surface area contributed by atoms with E-state index in [4.69, 9.17) is 11.6 Å². The highest BCUT2D eigenvalue weighted by atomic mass is 35.5. The summed E-state index contributed by atoms with van der Waals surface area (Å²) in [7, 11) is -3.62. The molecule has 0 saturated heterocycles. The Bertz CT molecular complexity index is 669. The fourth-order valence-corrected chi connectivity index (χ4v) is 4.10. The number of H-pyrrole nitrogens is 1. The third-order valence-electron chi connectivity index (χ3n) is 2.58. The second kappa shape index (κ2) is 4.56. The minimum absolute atomic E-state index is 0.185. The van der Waals surface area contributed by atoms with Crippen LogP contribution in [0.5, 0.6) is 0 Å². The van der Waals surface area contributed by atoms with Crippen LogP contribution in [0.3, 0.4) is 0 Å². The maximum atomic E-state index is 12.1. The molecule has 0 spiro atoms. The molecule has 0 radical (unpaired) electrons. The zero-order valence-corrected chi connectivity index (χ0v) is 12.4. The highest BCUT2D eigenvalue weighted by Crippen LogP contribution is 2.31. The van der Waals surface area contributed by atoms with E-state index in [0.29, 0.717) is 10.2 Å². The molecule has 0 aliphatic carbocycles. The first kappa shape index (κ1) is 13.4. The van der Waals surface area contributed by atoms with E-state index in [1.807, 2.05) is 6.92 Å². The third kappa shape index (κ3) is 2.38. The number of hydrogen-bond donors (Lipinski definition) is 2. The molecule has 0 aliphatic rings. The summed E-state index contributed by atoms with van der Waals surface area (Å²) in [5.41, 5.74) is 2.35. The first-order chi connectivity index (χ1) is 8.31. The minimum atomic E-state index is -3.62. The second-order valence-electron chi connectivity index (χ2n) is 3.95. The molecule has 0 fully saturated rings. The van der Waals surface area contributed by atoms with E-state index in [1.54, 1.807) is 19.9 Å². The highest BCUT2D eigenvalue weighted by Gasteiger charge is 2.20. The van der Waals surface area contributed by atoms with Gasteiger partial charge in [-0.2, -0.15) is 5.10 Å². The summed E-state index contributed by atoms with van der Waals surface area (Å²) in [5.74, 6) is 0.315. The Morgan fingerprint density at radius 3 is 2.50 bits per heavy atom. The molecule has 0 aromatic carbocycles. The van der Waals surface area contributed by atoms with E-state index in [9.17, 15) is 8.42 Å². The highest BCUT2D eigenvalue weighted by molar-refractivity contribution is 7.94. The summed E-state index contributed by atoms with van der Waals surface area (Å²) in [4.78, 5) is 0. The molecule has 2 rings (SSSR count). The maximum absolute atomic E-state index is 12.1. The maximum Gasteiger partial charge on any atom is 0.272 e. The average Bonchev–Trinajstić information content (AvgIpc) is 2.77. The lowest BCUT2D eigenvalue weighted by atomic mass is 10.3. The van der Waals surface area contributed by atoms with Crippen LogP contribution in [0.4, 0.5) is 5.82 Å². The van der Waals surface area contributed by atoms with E-state index in [1.165, 1.54) is 0 Å². The molecule has 0 saturated carbocycles. The minimum Gasteiger partial charge on any atom is -0.280 e. The van der Waals surface area contributed by atoms with E-state index in [-0.39, 0.29) is 4.21 Å². The molecule has 0 unspecified atom stereocenters. The lowest BCUT2D eigenvalue weighted by molar-refractivity contribution is 0.603. The van der Waals surface area contributed by atoms with Crippen LogP contribution in [0, 0.1) is 20.8 Å². The van der Waals surface area contributed by atoms with Crippen molar-refractivity contribution in [2.75, 3.05) is 4.72 Å². The SMILES string of the molecule is Cc1cc(S(=O)(=O)Nc2n[nH]c(C)c2C)sc1Cl. The smallest absolute Gasteiger partial charge is 0.272 e. The summed E-state index contributed by atoms with van der Waals surface area (Å²) in [5, 5.41) is 6.64. The number of aryl methyl sites for hydroxylation is 2. The largest absolute Gasteiger partial charge is 0.280 e. The number of aromatic nitrogens is 2. The van der Waals surface area contributed by atoms with Crippen molar-refractivity contribution in [3.8, 4) is 0 Å². The van der Waals surface area contributed by atoms with Crippen LogP contribution in [-0.4, -0.2) is 18.6 Å². The third-order valence-corrected chi connectivity index (χ3v) is 5.95. The fraction of sp³-hybridized carbons (Fsp3) is 0.300. The number of nitrogens with zero attached hydrogens (tertiary/aromatic N) is 1. The molecule has 5 nitrogen and oxygen atoms in total. The fourth-order valence-electron chi connectivity index (χ4n) is 1.33. The van der Waals surface area contributed by atoms with Crippen molar-refractivity contribution in [1.29, 1.82) is 0 Å². The van der Waals surface area contributed by atoms with Crippen LogP contribution in [-0.2, 0) is 10.0 Å². The lowest BCUT2D eigenvalue weighted by Gasteiger charge is -2.03. The molecule has 2 aromatic heterocycles. The normalized spacial score (nSPS) is 11.8. The van der Waals surface area contributed by atoms with Gasteiger partial charge in [0.2, 0.25) is 0 Å². The second-order valence-corrected chi connectivity index (χ2v) is 7.51. The number of thiophene rings is 1. The van der Waals surface area contributed by atoms with Crippen LogP contribution in [0.2, 0.25) is 4.34 Å². The zero-order chi connectivity index (χ0) is 13.5. The Balaban J connectivity index is 2.36. The molecule has 2 heterocycles. The summed E-state index contributed by atoms with van der Waals surface area (Å²) >= 11 is 6.91. The van der Waals surface area contributed by atoms with Gasteiger partial charge < -0.3 is 0 Å². The van der Waals surface area contributed by atoms with Gasteiger partial charge in [-0.15, -0.1) is 11.3 Å². The van der Waals surface area contributed by atoms with Crippen LogP contribution in [0.15, 0.2) is 10.3 Å².